The molecule has 0 bridgehead atoms. The smallest absolute Gasteiger partial charge is 0.285 e. The second kappa shape index (κ2) is 3.59. The van der Waals surface area contributed by atoms with Crippen molar-refractivity contribution in [3.05, 3.63) is 41.0 Å². The lowest BCUT2D eigenvalue weighted by molar-refractivity contribution is -0.669. The molecular weight excluding hydrogens is 210 g/mol. The van der Waals surface area contributed by atoms with Gasteiger partial charge in [-0.25, -0.2) is 4.68 Å². The van der Waals surface area contributed by atoms with Crippen LogP contribution < -0.4 is 10.4 Å². The summed E-state index contributed by atoms with van der Waals surface area (Å²) >= 11 is 6.12. The third-order valence-electron chi connectivity index (χ3n) is 2.49. The monoisotopic (exact) mass is 222 g/mol. The highest BCUT2D eigenvalue weighted by molar-refractivity contribution is 6.32. The molecule has 0 atom stereocenters. The van der Waals surface area contributed by atoms with Crippen molar-refractivity contribution in [2.24, 2.45) is 7.05 Å². The molecule has 0 radical (unpaired) electrons. The molecule has 0 saturated carbocycles. The molecule has 0 spiro atoms. The highest BCUT2D eigenvalue weighted by Crippen LogP contribution is 2.16. The van der Waals surface area contributed by atoms with E-state index in [1.54, 1.807) is 0 Å². The summed E-state index contributed by atoms with van der Waals surface area (Å²) in [4.78, 5) is 0. The molecule has 1 heterocycles. The minimum atomic E-state index is 0.683. The first-order valence-electron chi connectivity index (χ1n) is 4.70. The fraction of sp³-hybridized carbons (Fsp3) is 0.182. The Bertz CT molecular complexity index is 503. The number of hydrogen-bond acceptors (Lipinski definition) is 1. The molecule has 0 fully saturated rings. The predicted octanol–water partition coefficient (Wildman–Crippen LogP) is 1.85. The number of hydrogen-bond donors (Lipinski definition) is 1. The van der Waals surface area contributed by atoms with E-state index in [1.165, 1.54) is 0 Å². The summed E-state index contributed by atoms with van der Waals surface area (Å²) in [6, 6.07) is 9.56. The van der Waals surface area contributed by atoms with Crippen LogP contribution in [-0.2, 0) is 7.05 Å². The number of benzene rings is 1. The number of anilines is 1. The summed E-state index contributed by atoms with van der Waals surface area (Å²) < 4.78 is 3.86. The average molecular weight is 223 g/mol. The van der Waals surface area contributed by atoms with Crippen molar-refractivity contribution in [1.29, 1.82) is 0 Å². The Morgan fingerprint density at radius 2 is 2.00 bits per heavy atom. The van der Waals surface area contributed by atoms with Crippen LogP contribution in [0.2, 0.25) is 5.02 Å². The zero-order chi connectivity index (χ0) is 11.0. The molecular formula is C11H13ClN3+. The summed E-state index contributed by atoms with van der Waals surface area (Å²) in [7, 11) is 1.95. The normalized spacial score (nSPS) is 10.6. The maximum Gasteiger partial charge on any atom is 0.298 e. The van der Waals surface area contributed by atoms with Crippen molar-refractivity contribution >= 4 is 17.4 Å². The van der Waals surface area contributed by atoms with Gasteiger partial charge in [-0.15, -0.1) is 4.68 Å². The van der Waals surface area contributed by atoms with Crippen molar-refractivity contribution in [1.82, 2.24) is 4.68 Å². The summed E-state index contributed by atoms with van der Waals surface area (Å²) in [6.45, 7) is 2.00. The lowest BCUT2D eigenvalue weighted by atomic mass is 10.3. The van der Waals surface area contributed by atoms with Crippen LogP contribution in [0.3, 0.4) is 0 Å². The second-order valence-electron chi connectivity index (χ2n) is 3.50. The Labute approximate surface area is 93.7 Å². The fourth-order valence-corrected chi connectivity index (χ4v) is 1.84. The Kier molecular flexibility index (Phi) is 2.40. The van der Waals surface area contributed by atoms with Gasteiger partial charge in [0.15, 0.2) is 5.69 Å². The number of para-hydroxylation sites is 1. The third-order valence-corrected chi connectivity index (χ3v) is 2.81. The van der Waals surface area contributed by atoms with Crippen LogP contribution in [0.5, 0.6) is 0 Å². The predicted molar refractivity (Wildman–Crippen MR) is 61.1 cm³/mol. The lowest BCUT2D eigenvalue weighted by Crippen LogP contribution is -2.42. The molecule has 2 N–H and O–H groups in total. The first-order chi connectivity index (χ1) is 7.11. The van der Waals surface area contributed by atoms with Crippen LogP contribution in [0.15, 0.2) is 30.3 Å². The van der Waals surface area contributed by atoms with Crippen molar-refractivity contribution in [3.63, 3.8) is 0 Å². The molecule has 0 amide bonds. The van der Waals surface area contributed by atoms with Crippen LogP contribution in [-0.4, -0.2) is 4.68 Å². The van der Waals surface area contributed by atoms with Gasteiger partial charge in [-0.3, -0.25) is 5.73 Å². The van der Waals surface area contributed by atoms with Gasteiger partial charge in [0.25, 0.3) is 5.82 Å². The van der Waals surface area contributed by atoms with E-state index in [4.69, 9.17) is 17.3 Å². The number of nitrogen functional groups attached to an aromatic ring is 1. The highest BCUT2D eigenvalue weighted by atomic mass is 35.5. The Hall–Kier alpha value is -1.48. The molecule has 1 aromatic heterocycles. The van der Waals surface area contributed by atoms with E-state index in [-0.39, 0.29) is 0 Å². The van der Waals surface area contributed by atoms with E-state index < -0.39 is 0 Å². The largest absolute Gasteiger partial charge is 0.298 e. The van der Waals surface area contributed by atoms with Gasteiger partial charge in [0.2, 0.25) is 0 Å². The summed E-state index contributed by atoms with van der Waals surface area (Å²) in [6.07, 6.45) is 0. The topological polar surface area (TPSA) is 34.8 Å². The van der Waals surface area contributed by atoms with Gasteiger partial charge in [-0.05, 0) is 19.1 Å². The third kappa shape index (κ3) is 1.59. The van der Waals surface area contributed by atoms with E-state index in [0.29, 0.717) is 10.8 Å². The molecule has 0 aliphatic carbocycles. The number of nitrogens with zero attached hydrogens (tertiary/aromatic N) is 2. The molecule has 0 aliphatic heterocycles. The molecule has 1 aromatic carbocycles. The van der Waals surface area contributed by atoms with Gasteiger partial charge >= 0.3 is 0 Å². The fourth-order valence-electron chi connectivity index (χ4n) is 1.62. The molecule has 3 nitrogen and oxygen atoms in total. The lowest BCUT2D eigenvalue weighted by Gasteiger charge is -2.04. The summed E-state index contributed by atoms with van der Waals surface area (Å²) in [5, 5.41) is 0.690. The minimum Gasteiger partial charge on any atom is -0.285 e. The molecule has 15 heavy (non-hydrogen) atoms. The van der Waals surface area contributed by atoms with E-state index >= 15 is 0 Å². The van der Waals surface area contributed by atoms with Crippen molar-refractivity contribution in [2.45, 2.75) is 6.92 Å². The molecule has 0 unspecified atom stereocenters. The van der Waals surface area contributed by atoms with Crippen molar-refractivity contribution in [2.75, 3.05) is 5.73 Å². The number of halogens is 1. The van der Waals surface area contributed by atoms with Crippen molar-refractivity contribution in [3.8, 4) is 5.69 Å². The molecule has 2 aromatic rings. The van der Waals surface area contributed by atoms with Crippen LogP contribution >= 0.6 is 11.6 Å². The maximum atomic E-state index is 6.12. The van der Waals surface area contributed by atoms with E-state index in [9.17, 15) is 0 Å². The Balaban J connectivity index is 2.69. The van der Waals surface area contributed by atoms with Gasteiger partial charge in [-0.2, -0.15) is 0 Å². The molecule has 0 saturated heterocycles. The molecule has 0 aliphatic rings. The maximum absolute atomic E-state index is 6.12. The van der Waals surface area contributed by atoms with Gasteiger partial charge in [0, 0.05) is 7.05 Å². The SMILES string of the molecule is Cc1cc(N)[n+](-c2ccccc2Cl)n1C. The van der Waals surface area contributed by atoms with Crippen LogP contribution in [0.4, 0.5) is 5.82 Å². The van der Waals surface area contributed by atoms with Gasteiger partial charge in [0.1, 0.15) is 0 Å². The number of aromatic nitrogens is 2. The zero-order valence-corrected chi connectivity index (χ0v) is 9.49. The molecule has 4 heteroatoms. The zero-order valence-electron chi connectivity index (χ0n) is 8.74. The highest BCUT2D eigenvalue weighted by Gasteiger charge is 2.16. The first kappa shape index (κ1) is 10.1. The summed E-state index contributed by atoms with van der Waals surface area (Å²) in [5.41, 5.74) is 7.91. The van der Waals surface area contributed by atoms with E-state index in [2.05, 4.69) is 0 Å². The van der Waals surface area contributed by atoms with Gasteiger partial charge < -0.3 is 0 Å². The Morgan fingerprint density at radius 3 is 2.53 bits per heavy atom. The number of aryl methyl sites for hydroxylation is 1. The molecule has 78 valence electrons. The number of rotatable bonds is 1. The standard InChI is InChI=1S/C11H12ClN3/c1-8-7-11(13)15(14(8)2)10-6-4-3-5-9(10)12/h3-7,13H,1-2H3/p+1. The minimum absolute atomic E-state index is 0.683. The van der Waals surface area contributed by atoms with Crippen LogP contribution in [0, 0.1) is 6.92 Å². The van der Waals surface area contributed by atoms with Crippen molar-refractivity contribution < 1.29 is 4.68 Å². The quantitative estimate of drug-likeness (QED) is 0.735. The van der Waals surface area contributed by atoms with E-state index in [0.717, 1.165) is 11.4 Å². The first-order valence-corrected chi connectivity index (χ1v) is 5.08. The van der Waals surface area contributed by atoms with Gasteiger partial charge in [0.05, 0.1) is 16.8 Å². The van der Waals surface area contributed by atoms with Crippen LogP contribution in [0.25, 0.3) is 5.69 Å². The Morgan fingerprint density at radius 1 is 1.33 bits per heavy atom. The van der Waals surface area contributed by atoms with Crippen LogP contribution in [0.1, 0.15) is 5.69 Å². The van der Waals surface area contributed by atoms with E-state index in [1.807, 2.05) is 53.7 Å². The summed E-state index contributed by atoms with van der Waals surface area (Å²) in [5.74, 6) is 0.683. The second-order valence-corrected chi connectivity index (χ2v) is 3.90. The average Bonchev–Trinajstić information content (AvgIpc) is 2.43. The number of nitrogens with two attached hydrogens (primary N) is 1. The van der Waals surface area contributed by atoms with Gasteiger partial charge in [-0.1, -0.05) is 23.7 Å². The molecule has 2 rings (SSSR count).